The van der Waals surface area contributed by atoms with Gasteiger partial charge in [-0.05, 0) is 49.2 Å². The quantitative estimate of drug-likeness (QED) is 0.670. The van der Waals surface area contributed by atoms with Gasteiger partial charge in [-0.1, -0.05) is 18.2 Å². The van der Waals surface area contributed by atoms with Crippen LogP contribution in [-0.2, 0) is 9.59 Å². The van der Waals surface area contributed by atoms with Crippen molar-refractivity contribution in [2.24, 2.45) is 5.92 Å². The molecule has 152 valence electrons. The molecular weight excluding hydrogens is 370 g/mol. The summed E-state index contributed by atoms with van der Waals surface area (Å²) in [6, 6.07) is 12.6. The van der Waals surface area contributed by atoms with E-state index in [-0.39, 0.29) is 30.2 Å². The Balaban J connectivity index is 1.55. The molecule has 3 N–H and O–H groups in total. The molecule has 0 bridgehead atoms. The summed E-state index contributed by atoms with van der Waals surface area (Å²) in [4.78, 5) is 35.9. The average molecular weight is 395 g/mol. The highest BCUT2D eigenvalue weighted by molar-refractivity contribution is 5.98. The lowest BCUT2D eigenvalue weighted by Crippen LogP contribution is -2.30. The van der Waals surface area contributed by atoms with Gasteiger partial charge in [0.25, 0.3) is 11.8 Å². The van der Waals surface area contributed by atoms with E-state index in [9.17, 15) is 14.4 Å². The molecule has 2 aromatic carbocycles. The SMILES string of the molecule is Cc1cccc(OCC(=O)Nc2cc(C(=O)NCC3CNC(=O)C3)ccc2C)c1. The minimum absolute atomic E-state index is 0.0115. The van der Waals surface area contributed by atoms with Crippen LogP contribution in [0.2, 0.25) is 0 Å². The second kappa shape index (κ2) is 9.23. The molecule has 0 aliphatic carbocycles. The van der Waals surface area contributed by atoms with Crippen molar-refractivity contribution in [2.75, 3.05) is 25.0 Å². The Bertz CT molecular complexity index is 926. The van der Waals surface area contributed by atoms with Gasteiger partial charge in [0, 0.05) is 36.7 Å². The summed E-state index contributed by atoms with van der Waals surface area (Å²) in [5.74, 6) is 0.204. The van der Waals surface area contributed by atoms with Crippen LogP contribution < -0.4 is 20.7 Å². The fraction of sp³-hybridized carbons (Fsp3) is 0.318. The average Bonchev–Trinajstić information content (AvgIpc) is 3.11. The van der Waals surface area contributed by atoms with Crippen LogP contribution in [0.4, 0.5) is 5.69 Å². The molecule has 1 aliphatic heterocycles. The van der Waals surface area contributed by atoms with Crippen molar-refractivity contribution in [1.29, 1.82) is 0 Å². The minimum Gasteiger partial charge on any atom is -0.484 e. The Morgan fingerprint density at radius 1 is 1.17 bits per heavy atom. The van der Waals surface area contributed by atoms with Crippen molar-refractivity contribution < 1.29 is 19.1 Å². The largest absolute Gasteiger partial charge is 0.484 e. The Morgan fingerprint density at radius 3 is 2.72 bits per heavy atom. The Morgan fingerprint density at radius 2 is 2.00 bits per heavy atom. The maximum Gasteiger partial charge on any atom is 0.262 e. The summed E-state index contributed by atoms with van der Waals surface area (Å²) >= 11 is 0. The predicted molar refractivity (Wildman–Crippen MR) is 110 cm³/mol. The van der Waals surface area contributed by atoms with E-state index in [1.165, 1.54) is 0 Å². The van der Waals surface area contributed by atoms with Crippen LogP contribution in [0.5, 0.6) is 5.75 Å². The minimum atomic E-state index is -0.303. The Kier molecular flexibility index (Phi) is 6.49. The van der Waals surface area contributed by atoms with Gasteiger partial charge in [-0.25, -0.2) is 0 Å². The van der Waals surface area contributed by atoms with Crippen LogP contribution in [-0.4, -0.2) is 37.4 Å². The zero-order valence-corrected chi connectivity index (χ0v) is 16.6. The van der Waals surface area contributed by atoms with Gasteiger partial charge in [-0.2, -0.15) is 0 Å². The molecule has 1 atom stereocenters. The summed E-state index contributed by atoms with van der Waals surface area (Å²) < 4.78 is 5.52. The Hall–Kier alpha value is -3.35. The number of nitrogens with one attached hydrogen (secondary N) is 3. The molecule has 7 nitrogen and oxygen atoms in total. The van der Waals surface area contributed by atoms with Crippen LogP contribution in [0.1, 0.15) is 27.9 Å². The number of rotatable bonds is 7. The molecule has 1 unspecified atom stereocenters. The second-order valence-electron chi connectivity index (χ2n) is 7.27. The zero-order chi connectivity index (χ0) is 20.8. The van der Waals surface area contributed by atoms with E-state index < -0.39 is 0 Å². The topological polar surface area (TPSA) is 96.5 Å². The smallest absolute Gasteiger partial charge is 0.262 e. The van der Waals surface area contributed by atoms with E-state index in [0.29, 0.717) is 36.5 Å². The van der Waals surface area contributed by atoms with Crippen molar-refractivity contribution >= 4 is 23.4 Å². The van der Waals surface area contributed by atoms with E-state index in [0.717, 1.165) is 11.1 Å². The summed E-state index contributed by atoms with van der Waals surface area (Å²) in [6.45, 7) is 4.69. The van der Waals surface area contributed by atoms with Crippen molar-refractivity contribution in [2.45, 2.75) is 20.3 Å². The summed E-state index contributed by atoms with van der Waals surface area (Å²) in [7, 11) is 0. The van der Waals surface area contributed by atoms with Gasteiger partial charge >= 0.3 is 0 Å². The number of hydrogen-bond donors (Lipinski definition) is 3. The monoisotopic (exact) mass is 395 g/mol. The number of carbonyl (C=O) groups excluding carboxylic acids is 3. The van der Waals surface area contributed by atoms with Crippen LogP contribution in [0.15, 0.2) is 42.5 Å². The molecule has 1 saturated heterocycles. The molecule has 0 aromatic heterocycles. The normalized spacial score (nSPS) is 15.5. The van der Waals surface area contributed by atoms with E-state index in [1.807, 2.05) is 32.0 Å². The molecule has 2 aromatic rings. The standard InChI is InChI=1S/C22H25N3O4/c1-14-4-3-5-18(8-14)29-13-21(27)25-19-10-17(7-6-15(19)2)22(28)24-12-16-9-20(26)23-11-16/h3-8,10,16H,9,11-13H2,1-2H3,(H,23,26)(H,24,28)(H,25,27). The number of carbonyl (C=O) groups is 3. The van der Waals surface area contributed by atoms with Gasteiger partial charge in [0.05, 0.1) is 0 Å². The molecule has 3 rings (SSSR count). The maximum absolute atomic E-state index is 12.4. The third-order valence-corrected chi connectivity index (χ3v) is 4.75. The number of anilines is 1. The lowest BCUT2D eigenvalue weighted by molar-refractivity contribution is -0.119. The molecule has 3 amide bonds. The van der Waals surface area contributed by atoms with E-state index >= 15 is 0 Å². The highest BCUT2D eigenvalue weighted by Crippen LogP contribution is 2.18. The lowest BCUT2D eigenvalue weighted by atomic mass is 10.1. The van der Waals surface area contributed by atoms with Crippen LogP contribution in [0.25, 0.3) is 0 Å². The second-order valence-corrected chi connectivity index (χ2v) is 7.27. The number of ether oxygens (including phenoxy) is 1. The van der Waals surface area contributed by atoms with E-state index in [1.54, 1.807) is 24.3 Å². The maximum atomic E-state index is 12.4. The van der Waals surface area contributed by atoms with Gasteiger partial charge in [0.1, 0.15) is 5.75 Å². The highest BCUT2D eigenvalue weighted by Gasteiger charge is 2.22. The first-order chi connectivity index (χ1) is 13.9. The van der Waals surface area contributed by atoms with Crippen molar-refractivity contribution in [3.05, 3.63) is 59.2 Å². The van der Waals surface area contributed by atoms with Crippen LogP contribution >= 0.6 is 0 Å². The third kappa shape index (κ3) is 5.81. The zero-order valence-electron chi connectivity index (χ0n) is 16.6. The first kappa shape index (κ1) is 20.4. The number of hydrogen-bond acceptors (Lipinski definition) is 4. The van der Waals surface area contributed by atoms with Gasteiger partial charge in [-0.3, -0.25) is 14.4 Å². The van der Waals surface area contributed by atoms with Crippen LogP contribution in [0.3, 0.4) is 0 Å². The van der Waals surface area contributed by atoms with Gasteiger partial charge < -0.3 is 20.7 Å². The lowest BCUT2D eigenvalue weighted by Gasteiger charge is -2.13. The first-order valence-electron chi connectivity index (χ1n) is 9.55. The fourth-order valence-electron chi connectivity index (χ4n) is 3.09. The molecular formula is C22H25N3O4. The summed E-state index contributed by atoms with van der Waals surface area (Å²) in [6.07, 6.45) is 0.427. The molecule has 0 radical (unpaired) electrons. The molecule has 29 heavy (non-hydrogen) atoms. The van der Waals surface area contributed by atoms with Gasteiger partial charge in [0.2, 0.25) is 5.91 Å². The fourth-order valence-corrected chi connectivity index (χ4v) is 3.09. The highest BCUT2D eigenvalue weighted by atomic mass is 16.5. The number of aryl methyl sites for hydroxylation is 2. The molecule has 0 spiro atoms. The number of amides is 3. The molecule has 7 heteroatoms. The van der Waals surface area contributed by atoms with Gasteiger partial charge in [-0.15, -0.1) is 0 Å². The Labute approximate surface area is 169 Å². The molecule has 0 saturated carbocycles. The molecule has 1 fully saturated rings. The third-order valence-electron chi connectivity index (χ3n) is 4.75. The predicted octanol–water partition coefficient (Wildman–Crippen LogP) is 2.19. The van der Waals surface area contributed by atoms with Crippen molar-refractivity contribution in [3.8, 4) is 5.75 Å². The molecule has 1 heterocycles. The summed E-state index contributed by atoms with van der Waals surface area (Å²) in [5, 5.41) is 8.39. The van der Waals surface area contributed by atoms with Crippen molar-refractivity contribution in [3.63, 3.8) is 0 Å². The van der Waals surface area contributed by atoms with E-state index in [2.05, 4.69) is 16.0 Å². The van der Waals surface area contributed by atoms with Crippen molar-refractivity contribution in [1.82, 2.24) is 10.6 Å². The summed E-state index contributed by atoms with van der Waals surface area (Å²) in [5.41, 5.74) is 2.90. The van der Waals surface area contributed by atoms with Gasteiger partial charge in [0.15, 0.2) is 6.61 Å². The van der Waals surface area contributed by atoms with E-state index in [4.69, 9.17) is 4.74 Å². The molecule has 1 aliphatic rings. The first-order valence-corrected chi connectivity index (χ1v) is 9.55. The number of benzene rings is 2. The van der Waals surface area contributed by atoms with Crippen LogP contribution in [0, 0.1) is 19.8 Å².